The van der Waals surface area contributed by atoms with Crippen molar-refractivity contribution in [3.8, 4) is 0 Å². The fraction of sp³-hybridized carbons (Fsp3) is 0. The Balaban J connectivity index is 1.96. The number of nitrogens with zero attached hydrogens (tertiary/aromatic N) is 2. The quantitative estimate of drug-likeness (QED) is 0.371. The largest absolute Gasteiger partial charge is 0.402 e. The number of cyclic esters (lactones) is 1. The lowest BCUT2D eigenvalue weighted by Gasteiger charge is -2.02. The monoisotopic (exact) mass is 334 g/mol. The standard InChI is InChI=1S/C14H7ClN2O4S/c15-11-6-8(17(19)20)3-4-10(11)13-16-12(14(18)21-13)7-9-2-1-5-22-9/h1-7H. The molecule has 0 saturated heterocycles. The first-order valence-corrected chi connectivity index (χ1v) is 7.31. The van der Waals surface area contributed by atoms with E-state index in [0.717, 1.165) is 4.88 Å². The van der Waals surface area contributed by atoms with Gasteiger partial charge in [0.15, 0.2) is 5.70 Å². The highest BCUT2D eigenvalue weighted by atomic mass is 35.5. The van der Waals surface area contributed by atoms with Gasteiger partial charge >= 0.3 is 5.97 Å². The minimum absolute atomic E-state index is 0.0349. The Labute approximate surface area is 133 Å². The van der Waals surface area contributed by atoms with E-state index < -0.39 is 10.9 Å². The molecule has 0 atom stereocenters. The van der Waals surface area contributed by atoms with Gasteiger partial charge in [0, 0.05) is 17.0 Å². The van der Waals surface area contributed by atoms with Gasteiger partial charge in [-0.3, -0.25) is 10.1 Å². The van der Waals surface area contributed by atoms with Gasteiger partial charge in [0.25, 0.3) is 5.69 Å². The van der Waals surface area contributed by atoms with Gasteiger partial charge in [0.1, 0.15) is 0 Å². The Kier molecular flexibility index (Phi) is 3.74. The Morgan fingerprint density at radius 1 is 1.36 bits per heavy atom. The van der Waals surface area contributed by atoms with E-state index in [1.165, 1.54) is 29.5 Å². The maximum atomic E-state index is 11.8. The van der Waals surface area contributed by atoms with E-state index >= 15 is 0 Å². The first-order chi connectivity index (χ1) is 10.5. The Morgan fingerprint density at radius 3 is 2.82 bits per heavy atom. The molecule has 8 heteroatoms. The minimum Gasteiger partial charge on any atom is -0.402 e. The topological polar surface area (TPSA) is 81.8 Å². The number of nitro groups is 1. The number of benzene rings is 1. The SMILES string of the molecule is O=C1OC(c2ccc([N+](=O)[O-])cc2Cl)=NC1=Cc1cccs1. The summed E-state index contributed by atoms with van der Waals surface area (Å²) in [5, 5.41) is 12.7. The second kappa shape index (κ2) is 5.70. The molecule has 0 spiro atoms. The lowest BCUT2D eigenvalue weighted by Crippen LogP contribution is -2.06. The third-order valence-electron chi connectivity index (χ3n) is 2.84. The van der Waals surface area contributed by atoms with Crippen LogP contribution in [-0.2, 0) is 9.53 Å². The number of nitro benzene ring substituents is 1. The van der Waals surface area contributed by atoms with Gasteiger partial charge < -0.3 is 4.74 Å². The maximum Gasteiger partial charge on any atom is 0.363 e. The Bertz CT molecular complexity index is 827. The molecule has 0 aliphatic carbocycles. The number of thiophene rings is 1. The molecule has 0 radical (unpaired) electrons. The first kappa shape index (κ1) is 14.4. The van der Waals surface area contributed by atoms with E-state index in [2.05, 4.69) is 4.99 Å². The Morgan fingerprint density at radius 2 is 2.18 bits per heavy atom. The van der Waals surface area contributed by atoms with Crippen LogP contribution in [0.1, 0.15) is 10.4 Å². The number of non-ortho nitro benzene ring substituents is 1. The van der Waals surface area contributed by atoms with Crippen molar-refractivity contribution in [3.05, 3.63) is 67.0 Å². The number of hydrogen-bond acceptors (Lipinski definition) is 6. The van der Waals surface area contributed by atoms with Crippen molar-refractivity contribution in [2.24, 2.45) is 4.99 Å². The summed E-state index contributed by atoms with van der Waals surface area (Å²) in [6.45, 7) is 0. The lowest BCUT2D eigenvalue weighted by molar-refractivity contribution is -0.384. The summed E-state index contributed by atoms with van der Waals surface area (Å²) in [5.74, 6) is -0.550. The molecular weight excluding hydrogens is 328 g/mol. The number of rotatable bonds is 3. The molecule has 0 unspecified atom stereocenters. The van der Waals surface area contributed by atoms with Crippen LogP contribution in [0, 0.1) is 10.1 Å². The molecule has 1 aromatic carbocycles. The molecule has 0 amide bonds. The molecule has 1 aliphatic heterocycles. The van der Waals surface area contributed by atoms with E-state index in [-0.39, 0.29) is 22.3 Å². The van der Waals surface area contributed by atoms with Crippen LogP contribution in [0.5, 0.6) is 0 Å². The van der Waals surface area contributed by atoms with E-state index in [9.17, 15) is 14.9 Å². The van der Waals surface area contributed by atoms with Crippen molar-refractivity contribution in [1.29, 1.82) is 0 Å². The van der Waals surface area contributed by atoms with Crippen molar-refractivity contribution < 1.29 is 14.5 Å². The number of esters is 1. The van der Waals surface area contributed by atoms with Crippen LogP contribution in [0.25, 0.3) is 6.08 Å². The molecule has 6 nitrogen and oxygen atoms in total. The van der Waals surface area contributed by atoms with E-state index in [1.807, 2.05) is 17.5 Å². The van der Waals surface area contributed by atoms with Crippen LogP contribution in [0.15, 0.2) is 46.4 Å². The Hall–Kier alpha value is -2.51. The number of hydrogen-bond donors (Lipinski definition) is 0. The number of carbonyl (C=O) groups is 1. The fourth-order valence-corrected chi connectivity index (χ4v) is 2.73. The molecule has 0 fully saturated rings. The molecule has 0 bridgehead atoms. The van der Waals surface area contributed by atoms with Gasteiger partial charge in [-0.25, -0.2) is 9.79 Å². The van der Waals surface area contributed by atoms with Gasteiger partial charge in [-0.15, -0.1) is 11.3 Å². The third kappa shape index (κ3) is 2.76. The van der Waals surface area contributed by atoms with E-state index in [4.69, 9.17) is 16.3 Å². The summed E-state index contributed by atoms with van der Waals surface area (Å²) in [6.07, 6.45) is 1.61. The highest BCUT2D eigenvalue weighted by Crippen LogP contribution is 2.27. The van der Waals surface area contributed by atoms with Crippen molar-refractivity contribution in [3.63, 3.8) is 0 Å². The van der Waals surface area contributed by atoms with Crippen LogP contribution >= 0.6 is 22.9 Å². The summed E-state index contributed by atoms with van der Waals surface area (Å²) < 4.78 is 5.08. The molecule has 0 saturated carbocycles. The highest BCUT2D eigenvalue weighted by molar-refractivity contribution is 7.10. The van der Waals surface area contributed by atoms with Gasteiger partial charge in [-0.1, -0.05) is 17.7 Å². The zero-order valence-electron chi connectivity index (χ0n) is 10.9. The van der Waals surface area contributed by atoms with Gasteiger partial charge in [0.2, 0.25) is 5.90 Å². The average Bonchev–Trinajstić information content (AvgIpc) is 3.10. The van der Waals surface area contributed by atoms with Crippen molar-refractivity contribution in [2.75, 3.05) is 0 Å². The molecule has 0 N–H and O–H groups in total. The summed E-state index contributed by atoms with van der Waals surface area (Å²) in [6, 6.07) is 7.57. The predicted octanol–water partition coefficient (Wildman–Crippen LogP) is 3.65. The second-order valence-corrected chi connectivity index (χ2v) is 5.66. The third-order valence-corrected chi connectivity index (χ3v) is 3.97. The van der Waals surface area contributed by atoms with Crippen LogP contribution in [0.3, 0.4) is 0 Å². The summed E-state index contributed by atoms with van der Waals surface area (Å²) in [7, 11) is 0. The van der Waals surface area contributed by atoms with Gasteiger partial charge in [-0.05, 0) is 23.6 Å². The van der Waals surface area contributed by atoms with Crippen LogP contribution in [0.4, 0.5) is 5.69 Å². The molecule has 1 aliphatic rings. The first-order valence-electron chi connectivity index (χ1n) is 6.05. The fourth-order valence-electron chi connectivity index (χ4n) is 1.82. The van der Waals surface area contributed by atoms with Crippen molar-refractivity contribution >= 4 is 46.6 Å². The summed E-state index contributed by atoms with van der Waals surface area (Å²) >= 11 is 7.46. The lowest BCUT2D eigenvalue weighted by atomic mass is 10.2. The van der Waals surface area contributed by atoms with Crippen LogP contribution in [0.2, 0.25) is 5.02 Å². The number of ether oxygens (including phenoxy) is 1. The normalized spacial score (nSPS) is 15.8. The zero-order valence-corrected chi connectivity index (χ0v) is 12.4. The highest BCUT2D eigenvalue weighted by Gasteiger charge is 2.26. The summed E-state index contributed by atoms with van der Waals surface area (Å²) in [5.41, 5.74) is 0.343. The molecule has 2 heterocycles. The van der Waals surface area contributed by atoms with Gasteiger partial charge in [-0.2, -0.15) is 0 Å². The number of carbonyl (C=O) groups excluding carboxylic acids is 1. The van der Waals surface area contributed by atoms with E-state index in [1.54, 1.807) is 6.08 Å². The summed E-state index contributed by atoms with van der Waals surface area (Å²) in [4.78, 5) is 26.9. The smallest absolute Gasteiger partial charge is 0.363 e. The van der Waals surface area contributed by atoms with Gasteiger partial charge in [0.05, 0.1) is 15.5 Å². The molecule has 2 aromatic rings. The molecule has 3 rings (SSSR count). The average molecular weight is 335 g/mol. The zero-order chi connectivity index (χ0) is 15.7. The van der Waals surface area contributed by atoms with E-state index in [0.29, 0.717) is 5.56 Å². The molecule has 110 valence electrons. The second-order valence-electron chi connectivity index (χ2n) is 4.27. The number of aliphatic imine (C=N–C) groups is 1. The maximum absolute atomic E-state index is 11.8. The number of halogens is 1. The predicted molar refractivity (Wildman–Crippen MR) is 83.0 cm³/mol. The molecule has 1 aromatic heterocycles. The van der Waals surface area contributed by atoms with Crippen molar-refractivity contribution in [2.45, 2.75) is 0 Å². The minimum atomic E-state index is -0.585. The van der Waals surface area contributed by atoms with Crippen LogP contribution < -0.4 is 0 Å². The van der Waals surface area contributed by atoms with Crippen molar-refractivity contribution in [1.82, 2.24) is 0 Å². The molecular formula is C14H7ClN2O4S. The molecule has 22 heavy (non-hydrogen) atoms. The van der Waals surface area contributed by atoms with Crippen LogP contribution in [-0.4, -0.2) is 16.8 Å².